The maximum absolute atomic E-state index is 10.4. The molecule has 0 amide bonds. The van der Waals surface area contributed by atoms with E-state index in [1.54, 1.807) is 12.1 Å². The van der Waals surface area contributed by atoms with Gasteiger partial charge in [-0.1, -0.05) is 17.7 Å². The van der Waals surface area contributed by atoms with Crippen LogP contribution in [0.5, 0.6) is 0 Å². The predicted octanol–water partition coefficient (Wildman–Crippen LogP) is 3.20. The number of hydrogen-bond donors (Lipinski definition) is 3. The van der Waals surface area contributed by atoms with Gasteiger partial charge in [-0.3, -0.25) is 5.32 Å². The number of aliphatic imine (C=N–C) groups is 1. The average Bonchev–Trinajstić information content (AvgIpc) is 2.59. The Kier molecular flexibility index (Phi) is 4.85. The van der Waals surface area contributed by atoms with Gasteiger partial charge in [0.05, 0.1) is 11.6 Å². The van der Waals surface area contributed by atoms with Gasteiger partial charge in [0, 0.05) is 16.2 Å². The Labute approximate surface area is 141 Å². The monoisotopic (exact) mass is 335 g/mol. The van der Waals surface area contributed by atoms with Crippen LogP contribution in [-0.4, -0.2) is 33.3 Å². The first-order valence-corrected chi connectivity index (χ1v) is 7.79. The van der Waals surface area contributed by atoms with E-state index in [9.17, 15) is 5.21 Å². The van der Waals surface area contributed by atoms with Crippen molar-refractivity contribution in [3.05, 3.63) is 29.3 Å². The molecule has 1 aliphatic heterocycles. The van der Waals surface area contributed by atoms with Crippen molar-refractivity contribution in [3.63, 3.8) is 0 Å². The Morgan fingerprint density at radius 1 is 1.43 bits per heavy atom. The van der Waals surface area contributed by atoms with Crippen LogP contribution in [0.2, 0.25) is 5.02 Å². The molecule has 124 valence electrons. The molecule has 0 saturated carbocycles. The molecule has 1 aromatic rings. The summed E-state index contributed by atoms with van der Waals surface area (Å²) in [5.74, 6) is 0.332. The molecule has 1 aliphatic rings. The second-order valence-electron chi connectivity index (χ2n) is 6.85. The Hall–Kier alpha value is -1.81. The van der Waals surface area contributed by atoms with E-state index in [1.165, 1.54) is 5.06 Å². The van der Waals surface area contributed by atoms with Crippen LogP contribution >= 0.6 is 11.6 Å². The van der Waals surface area contributed by atoms with Crippen LogP contribution in [0.25, 0.3) is 0 Å². The molecule has 0 spiro atoms. The zero-order valence-electron chi connectivity index (χ0n) is 13.8. The minimum atomic E-state index is -0.540. The van der Waals surface area contributed by atoms with Gasteiger partial charge in [0.15, 0.2) is 6.19 Å². The lowest BCUT2D eigenvalue weighted by molar-refractivity contribution is -0.193. The van der Waals surface area contributed by atoms with Crippen molar-refractivity contribution in [2.45, 2.75) is 51.2 Å². The zero-order valence-corrected chi connectivity index (χ0v) is 14.5. The quantitative estimate of drug-likeness (QED) is 0.334. The van der Waals surface area contributed by atoms with Gasteiger partial charge < -0.3 is 10.5 Å². The molecule has 23 heavy (non-hydrogen) atoms. The van der Waals surface area contributed by atoms with Gasteiger partial charge in [0.25, 0.3) is 0 Å². The molecule has 1 heterocycles. The molecule has 0 bridgehead atoms. The number of halogens is 1. The lowest BCUT2D eigenvalue weighted by Crippen LogP contribution is -2.48. The number of nitriles is 1. The number of hydrogen-bond acceptors (Lipinski definition) is 4. The number of anilines is 1. The molecule has 2 rings (SSSR count). The first-order valence-electron chi connectivity index (χ1n) is 7.41. The van der Waals surface area contributed by atoms with E-state index in [0.717, 1.165) is 5.69 Å². The molecule has 3 N–H and O–H groups in total. The van der Waals surface area contributed by atoms with E-state index < -0.39 is 5.54 Å². The van der Waals surface area contributed by atoms with Crippen molar-refractivity contribution in [3.8, 4) is 6.19 Å². The van der Waals surface area contributed by atoms with Crippen LogP contribution in [0.15, 0.2) is 29.3 Å². The number of guanidine groups is 1. The maximum Gasteiger partial charge on any atom is 0.209 e. The van der Waals surface area contributed by atoms with Gasteiger partial charge in [0.1, 0.15) is 0 Å². The number of benzene rings is 1. The second-order valence-corrected chi connectivity index (χ2v) is 7.28. The summed E-state index contributed by atoms with van der Waals surface area (Å²) in [5.41, 5.74) is -0.192. The van der Waals surface area contributed by atoms with Gasteiger partial charge in [-0.05, 0) is 52.3 Å². The van der Waals surface area contributed by atoms with Crippen molar-refractivity contribution in [1.29, 1.82) is 5.26 Å². The van der Waals surface area contributed by atoms with Gasteiger partial charge in [0.2, 0.25) is 5.96 Å². The highest BCUT2D eigenvalue weighted by molar-refractivity contribution is 6.30. The molecule has 1 aromatic carbocycles. The van der Waals surface area contributed by atoms with E-state index in [-0.39, 0.29) is 11.6 Å². The van der Waals surface area contributed by atoms with Gasteiger partial charge >= 0.3 is 0 Å². The van der Waals surface area contributed by atoms with E-state index in [2.05, 4.69) is 15.6 Å². The summed E-state index contributed by atoms with van der Waals surface area (Å²) >= 11 is 5.97. The minimum Gasteiger partial charge on any atom is -0.325 e. The van der Waals surface area contributed by atoms with E-state index >= 15 is 0 Å². The lowest BCUT2D eigenvalue weighted by atomic mass is 9.95. The molecule has 0 aliphatic carbocycles. The molecule has 1 atom stereocenters. The van der Waals surface area contributed by atoms with Crippen LogP contribution in [0.3, 0.4) is 0 Å². The average molecular weight is 336 g/mol. The highest BCUT2D eigenvalue weighted by Gasteiger charge is 2.51. The number of rotatable bonds is 2. The van der Waals surface area contributed by atoms with Crippen molar-refractivity contribution in [2.75, 3.05) is 5.32 Å². The molecule has 0 aromatic heterocycles. The van der Waals surface area contributed by atoms with Gasteiger partial charge in [-0.25, -0.2) is 4.99 Å². The van der Waals surface area contributed by atoms with Crippen molar-refractivity contribution < 1.29 is 5.21 Å². The number of nitrogens with one attached hydrogen (secondary N) is 2. The third-order valence-electron chi connectivity index (χ3n) is 4.17. The fourth-order valence-electron chi connectivity index (χ4n) is 2.94. The largest absolute Gasteiger partial charge is 0.325 e. The molecule has 0 radical (unpaired) electrons. The highest BCUT2D eigenvalue weighted by Crippen LogP contribution is 2.40. The summed E-state index contributed by atoms with van der Waals surface area (Å²) < 4.78 is 0. The van der Waals surface area contributed by atoms with E-state index in [0.29, 0.717) is 17.4 Å². The van der Waals surface area contributed by atoms with Crippen LogP contribution in [0.1, 0.15) is 34.1 Å². The van der Waals surface area contributed by atoms with E-state index in [4.69, 9.17) is 16.9 Å². The van der Waals surface area contributed by atoms with Crippen molar-refractivity contribution in [2.24, 2.45) is 4.99 Å². The summed E-state index contributed by atoms with van der Waals surface area (Å²) in [4.78, 5) is 4.62. The topological polar surface area (TPSA) is 83.7 Å². The number of hydroxylamine groups is 2. The third kappa shape index (κ3) is 3.75. The minimum absolute atomic E-state index is 0.176. The van der Waals surface area contributed by atoms with Crippen molar-refractivity contribution >= 4 is 23.2 Å². The summed E-state index contributed by atoms with van der Waals surface area (Å²) in [6.45, 7) is 7.79. The Balaban J connectivity index is 2.27. The summed E-state index contributed by atoms with van der Waals surface area (Å²) in [6, 6.07) is 6.99. The molecule has 6 nitrogen and oxygen atoms in total. The first kappa shape index (κ1) is 17.5. The van der Waals surface area contributed by atoms with E-state index in [1.807, 2.05) is 46.0 Å². The van der Waals surface area contributed by atoms with Gasteiger partial charge in [-0.15, -0.1) is 0 Å². The summed E-state index contributed by atoms with van der Waals surface area (Å²) in [6.07, 6.45) is 2.55. The summed E-state index contributed by atoms with van der Waals surface area (Å²) in [5, 5.41) is 26.9. The molecule has 7 heteroatoms. The second kappa shape index (κ2) is 6.36. The fourth-order valence-corrected chi connectivity index (χ4v) is 3.13. The third-order valence-corrected chi connectivity index (χ3v) is 4.41. The maximum atomic E-state index is 10.4. The molecular weight excluding hydrogens is 314 g/mol. The van der Waals surface area contributed by atoms with Crippen LogP contribution in [-0.2, 0) is 0 Å². The van der Waals surface area contributed by atoms with Crippen LogP contribution in [0, 0.1) is 11.5 Å². The van der Waals surface area contributed by atoms with Gasteiger partial charge in [-0.2, -0.15) is 10.3 Å². The Morgan fingerprint density at radius 3 is 2.65 bits per heavy atom. The predicted molar refractivity (Wildman–Crippen MR) is 91.4 cm³/mol. The first-order chi connectivity index (χ1) is 10.7. The molecular formula is C16H22ClN5O. The Morgan fingerprint density at radius 2 is 2.13 bits per heavy atom. The standard InChI is InChI=1S/C16H22ClN5O/c1-15(2)9-13(16(3,4)22(15)23)21-14(19-10-18)20-12-7-5-6-11(17)8-12/h5-8,13,23H,9H2,1-4H3,(H2,19,20,21). The Bertz CT molecular complexity index is 650. The highest BCUT2D eigenvalue weighted by atomic mass is 35.5. The fraction of sp³-hybridized carbons (Fsp3) is 0.500. The smallest absolute Gasteiger partial charge is 0.209 e. The zero-order chi connectivity index (χ0) is 17.3. The SMILES string of the molecule is CC1(C)CC(N=C(NC#N)Nc2cccc(Cl)c2)C(C)(C)N1O. The summed E-state index contributed by atoms with van der Waals surface area (Å²) in [7, 11) is 0. The number of nitrogens with zero attached hydrogens (tertiary/aromatic N) is 3. The normalized spacial score (nSPS) is 23.3. The molecule has 1 unspecified atom stereocenters. The van der Waals surface area contributed by atoms with Crippen LogP contribution < -0.4 is 10.6 Å². The molecule has 1 fully saturated rings. The molecule has 1 saturated heterocycles. The van der Waals surface area contributed by atoms with Crippen LogP contribution in [0.4, 0.5) is 5.69 Å². The van der Waals surface area contributed by atoms with Crippen molar-refractivity contribution in [1.82, 2.24) is 10.4 Å². The lowest BCUT2D eigenvalue weighted by Gasteiger charge is -2.35.